The van der Waals surface area contributed by atoms with Crippen LogP contribution in [-0.4, -0.2) is 26.9 Å². The van der Waals surface area contributed by atoms with E-state index >= 15 is 0 Å². The van der Waals surface area contributed by atoms with Crippen molar-refractivity contribution in [1.82, 2.24) is 9.88 Å². The average molecular weight is 501 g/mol. The van der Waals surface area contributed by atoms with Gasteiger partial charge in [-0.05, 0) is 48.2 Å². The van der Waals surface area contributed by atoms with E-state index in [1.165, 1.54) is 6.39 Å². The summed E-state index contributed by atoms with van der Waals surface area (Å²) in [5.74, 6) is -0.896. The second-order valence-electron chi connectivity index (χ2n) is 9.03. The van der Waals surface area contributed by atoms with Crippen LogP contribution in [0, 0.1) is 5.41 Å². The number of benzene rings is 2. The first-order chi connectivity index (χ1) is 16.2. The molecule has 34 heavy (non-hydrogen) atoms. The topological polar surface area (TPSA) is 83.6 Å². The Bertz CT molecular complexity index is 1170. The molecular formula is C26H26Cl2N2O4. The van der Waals surface area contributed by atoms with E-state index in [2.05, 4.69) is 4.98 Å². The Hall–Kier alpha value is -2.83. The Kier molecular flexibility index (Phi) is 7.01. The fourth-order valence-corrected chi connectivity index (χ4v) is 5.47. The SMILES string of the molecule is CCC(c1cnco1)N1C(=O)C(C)(CC(=O)O)CC(c2cccc(Cl)c2)C1c1ccc(Cl)cc1. The molecule has 4 rings (SSSR count). The summed E-state index contributed by atoms with van der Waals surface area (Å²) in [6.45, 7) is 3.70. The number of carboxylic acids is 1. The van der Waals surface area contributed by atoms with Crippen molar-refractivity contribution in [3.8, 4) is 0 Å². The van der Waals surface area contributed by atoms with Gasteiger partial charge < -0.3 is 14.4 Å². The predicted octanol–water partition coefficient (Wildman–Crippen LogP) is 6.67. The molecule has 4 atom stereocenters. The third-order valence-electron chi connectivity index (χ3n) is 6.63. The van der Waals surface area contributed by atoms with E-state index in [-0.39, 0.29) is 24.3 Å². The number of oxazole rings is 1. The average Bonchev–Trinajstić information content (AvgIpc) is 3.32. The smallest absolute Gasteiger partial charge is 0.304 e. The number of hydrogen-bond donors (Lipinski definition) is 1. The Morgan fingerprint density at radius 2 is 1.94 bits per heavy atom. The van der Waals surface area contributed by atoms with Gasteiger partial charge in [-0.25, -0.2) is 4.98 Å². The normalized spacial score (nSPS) is 23.6. The minimum atomic E-state index is -1.12. The van der Waals surface area contributed by atoms with Gasteiger partial charge in [0, 0.05) is 16.0 Å². The number of carbonyl (C=O) groups excluding carboxylic acids is 1. The van der Waals surface area contributed by atoms with Gasteiger partial charge in [0.15, 0.2) is 6.39 Å². The summed E-state index contributed by atoms with van der Waals surface area (Å²) in [5.41, 5.74) is 0.724. The van der Waals surface area contributed by atoms with Crippen molar-refractivity contribution in [3.63, 3.8) is 0 Å². The van der Waals surface area contributed by atoms with E-state index in [0.29, 0.717) is 28.6 Å². The predicted molar refractivity (Wildman–Crippen MR) is 130 cm³/mol. The van der Waals surface area contributed by atoms with E-state index in [0.717, 1.165) is 11.1 Å². The molecule has 0 bridgehead atoms. The van der Waals surface area contributed by atoms with E-state index in [1.807, 2.05) is 37.3 Å². The van der Waals surface area contributed by atoms with Crippen LogP contribution in [0.5, 0.6) is 0 Å². The number of nitrogens with zero attached hydrogens (tertiary/aromatic N) is 2. The Balaban J connectivity index is 1.94. The number of halogens is 2. The van der Waals surface area contributed by atoms with Crippen LogP contribution in [0.15, 0.2) is 65.5 Å². The van der Waals surface area contributed by atoms with Gasteiger partial charge in [0.1, 0.15) is 5.76 Å². The van der Waals surface area contributed by atoms with E-state index in [4.69, 9.17) is 27.6 Å². The molecule has 1 aliphatic rings. The molecule has 1 N–H and O–H groups in total. The standard InChI is InChI=1S/C26H26Cl2N2O4/c1-3-21(22-14-29-15-34-22)30-24(16-7-9-18(27)10-8-16)20(17-5-4-6-19(28)11-17)12-26(2,25(30)33)13-23(31)32/h4-11,14-15,20-21,24H,3,12-13H2,1-2H3,(H,31,32). The first-order valence-corrected chi connectivity index (χ1v) is 11.9. The number of carboxylic acid groups (broad SMARTS) is 1. The van der Waals surface area contributed by atoms with Crippen LogP contribution < -0.4 is 0 Å². The van der Waals surface area contributed by atoms with Gasteiger partial charge in [0.25, 0.3) is 0 Å². The molecule has 0 radical (unpaired) electrons. The number of carbonyl (C=O) groups is 2. The van der Waals surface area contributed by atoms with Crippen molar-refractivity contribution >= 4 is 35.1 Å². The first-order valence-electron chi connectivity index (χ1n) is 11.2. The maximum absolute atomic E-state index is 14.1. The lowest BCUT2D eigenvalue weighted by Crippen LogP contribution is -2.53. The minimum absolute atomic E-state index is 0.209. The van der Waals surface area contributed by atoms with Gasteiger partial charge in [-0.1, -0.05) is 61.3 Å². The summed E-state index contributed by atoms with van der Waals surface area (Å²) in [6.07, 6.45) is 3.59. The summed E-state index contributed by atoms with van der Waals surface area (Å²) in [4.78, 5) is 31.8. The molecule has 0 saturated carbocycles. The molecular weight excluding hydrogens is 475 g/mol. The highest BCUT2D eigenvalue weighted by atomic mass is 35.5. The molecule has 1 fully saturated rings. The highest BCUT2D eigenvalue weighted by Gasteiger charge is 2.52. The first kappa shape index (κ1) is 24.3. The Morgan fingerprint density at radius 1 is 1.21 bits per heavy atom. The van der Waals surface area contributed by atoms with Crippen molar-refractivity contribution in [1.29, 1.82) is 0 Å². The molecule has 178 valence electrons. The second kappa shape index (κ2) is 9.80. The van der Waals surface area contributed by atoms with Gasteiger partial charge in [-0.3, -0.25) is 9.59 Å². The van der Waals surface area contributed by atoms with Crippen molar-refractivity contribution in [2.24, 2.45) is 5.41 Å². The molecule has 0 aliphatic carbocycles. The quantitative estimate of drug-likeness (QED) is 0.391. The number of amides is 1. The highest BCUT2D eigenvalue weighted by Crippen LogP contribution is 2.54. The summed E-state index contributed by atoms with van der Waals surface area (Å²) < 4.78 is 5.64. The van der Waals surface area contributed by atoms with Crippen LogP contribution >= 0.6 is 23.2 Å². The van der Waals surface area contributed by atoms with Gasteiger partial charge in [-0.15, -0.1) is 0 Å². The van der Waals surface area contributed by atoms with Gasteiger partial charge in [0.2, 0.25) is 5.91 Å². The van der Waals surface area contributed by atoms with Crippen LogP contribution in [-0.2, 0) is 9.59 Å². The maximum atomic E-state index is 14.1. The summed E-state index contributed by atoms with van der Waals surface area (Å²) in [7, 11) is 0. The zero-order valence-electron chi connectivity index (χ0n) is 18.9. The number of likely N-dealkylation sites (tertiary alicyclic amines) is 1. The number of rotatable bonds is 7. The van der Waals surface area contributed by atoms with Crippen LogP contribution in [0.4, 0.5) is 0 Å². The molecule has 3 aromatic rings. The second-order valence-corrected chi connectivity index (χ2v) is 9.91. The lowest BCUT2D eigenvalue weighted by molar-refractivity contribution is -0.161. The molecule has 8 heteroatoms. The summed E-state index contributed by atoms with van der Waals surface area (Å²) in [5, 5.41) is 10.9. The van der Waals surface area contributed by atoms with Crippen molar-refractivity contribution in [2.45, 2.75) is 51.1 Å². The molecule has 2 heterocycles. The van der Waals surface area contributed by atoms with Crippen LogP contribution in [0.2, 0.25) is 10.0 Å². The Morgan fingerprint density at radius 3 is 2.53 bits per heavy atom. The van der Waals surface area contributed by atoms with Crippen LogP contribution in [0.1, 0.15) is 68.0 Å². The van der Waals surface area contributed by atoms with Gasteiger partial charge in [-0.2, -0.15) is 0 Å². The maximum Gasteiger partial charge on any atom is 0.304 e. The van der Waals surface area contributed by atoms with Gasteiger partial charge in [0.05, 0.1) is 30.1 Å². The molecule has 4 unspecified atom stereocenters. The summed E-state index contributed by atoms with van der Waals surface area (Å²) >= 11 is 12.5. The van der Waals surface area contributed by atoms with Gasteiger partial charge >= 0.3 is 5.97 Å². The van der Waals surface area contributed by atoms with Crippen molar-refractivity contribution in [2.75, 3.05) is 0 Å². The van der Waals surface area contributed by atoms with Crippen molar-refractivity contribution < 1.29 is 19.1 Å². The fraction of sp³-hybridized carbons (Fsp3) is 0.346. The molecule has 1 aliphatic heterocycles. The molecule has 2 aromatic carbocycles. The van der Waals surface area contributed by atoms with Crippen molar-refractivity contribution in [3.05, 3.63) is 88.1 Å². The van der Waals surface area contributed by atoms with E-state index < -0.39 is 17.4 Å². The monoisotopic (exact) mass is 500 g/mol. The molecule has 1 saturated heterocycles. The molecule has 6 nitrogen and oxygen atoms in total. The van der Waals surface area contributed by atoms with Crippen LogP contribution in [0.25, 0.3) is 0 Å². The number of hydrogen-bond acceptors (Lipinski definition) is 4. The number of aromatic nitrogens is 1. The molecule has 1 aromatic heterocycles. The fourth-order valence-electron chi connectivity index (χ4n) is 5.15. The zero-order chi connectivity index (χ0) is 24.5. The minimum Gasteiger partial charge on any atom is -0.481 e. The largest absolute Gasteiger partial charge is 0.481 e. The Labute approximate surface area is 208 Å². The molecule has 0 spiro atoms. The summed E-state index contributed by atoms with van der Waals surface area (Å²) in [6, 6.07) is 14.2. The third-order valence-corrected chi connectivity index (χ3v) is 7.12. The van der Waals surface area contributed by atoms with Crippen LogP contribution in [0.3, 0.4) is 0 Å². The zero-order valence-corrected chi connectivity index (χ0v) is 20.5. The third kappa shape index (κ3) is 4.70. The van der Waals surface area contributed by atoms with E-state index in [1.54, 1.807) is 36.2 Å². The lowest BCUT2D eigenvalue weighted by Gasteiger charge is -2.51. The molecule has 1 amide bonds. The van der Waals surface area contributed by atoms with E-state index in [9.17, 15) is 14.7 Å². The lowest BCUT2D eigenvalue weighted by atomic mass is 9.67. The number of piperidine rings is 1. The highest BCUT2D eigenvalue weighted by molar-refractivity contribution is 6.30. The number of aliphatic carboxylic acids is 1.